The van der Waals surface area contributed by atoms with E-state index in [2.05, 4.69) is 28.0 Å². The molecule has 28 heavy (non-hydrogen) atoms. The fourth-order valence-corrected chi connectivity index (χ4v) is 6.41. The fourth-order valence-electron chi connectivity index (χ4n) is 6.41. The predicted molar refractivity (Wildman–Crippen MR) is 106 cm³/mol. The zero-order valence-corrected chi connectivity index (χ0v) is 15.9. The third kappa shape index (κ3) is 2.87. The van der Waals surface area contributed by atoms with Gasteiger partial charge in [0.15, 0.2) is 0 Å². The molecule has 1 heterocycles. The van der Waals surface area contributed by atoms with Gasteiger partial charge in [-0.3, -0.25) is 20.4 Å². The molecule has 4 fully saturated rings. The first-order valence-corrected chi connectivity index (χ1v) is 10.3. The van der Waals surface area contributed by atoms with Gasteiger partial charge in [-0.2, -0.15) is 0 Å². The molecule has 4 bridgehead atoms. The summed E-state index contributed by atoms with van der Waals surface area (Å²) in [5, 5.41) is 1.16. The van der Waals surface area contributed by atoms with Gasteiger partial charge in [-0.05, 0) is 79.4 Å². The highest BCUT2D eigenvalue weighted by molar-refractivity contribution is 5.97. The number of hydrazine groups is 1. The first kappa shape index (κ1) is 17.6. The molecule has 0 spiro atoms. The quantitative estimate of drug-likeness (QED) is 0.715. The van der Waals surface area contributed by atoms with Gasteiger partial charge in [0.1, 0.15) is 5.69 Å². The van der Waals surface area contributed by atoms with Crippen molar-refractivity contribution in [3.05, 3.63) is 41.6 Å². The summed E-state index contributed by atoms with van der Waals surface area (Å²) in [6, 6.07) is 10.1. The second kappa shape index (κ2) is 6.55. The largest absolute Gasteiger partial charge is 0.322 e. The topological polar surface area (TPSA) is 97.1 Å². The van der Waals surface area contributed by atoms with Crippen molar-refractivity contribution in [3.63, 3.8) is 0 Å². The average molecular weight is 378 g/mol. The lowest BCUT2D eigenvalue weighted by atomic mass is 9.48. The summed E-state index contributed by atoms with van der Waals surface area (Å²) < 4.78 is 0. The van der Waals surface area contributed by atoms with Crippen LogP contribution in [0.3, 0.4) is 0 Å². The second-order valence-electron chi connectivity index (χ2n) is 8.98. The number of nitrogens with one attached hydrogen (secondary N) is 2. The monoisotopic (exact) mass is 378 g/mol. The average Bonchev–Trinajstić information content (AvgIpc) is 2.69. The number of para-hydroxylation sites is 1. The first-order valence-electron chi connectivity index (χ1n) is 10.3. The molecule has 4 aliphatic rings. The zero-order chi connectivity index (χ0) is 19.3. The van der Waals surface area contributed by atoms with Crippen LogP contribution < -0.4 is 16.6 Å². The van der Waals surface area contributed by atoms with Crippen LogP contribution in [-0.4, -0.2) is 23.3 Å². The van der Waals surface area contributed by atoms with E-state index in [0.717, 1.165) is 28.7 Å². The van der Waals surface area contributed by atoms with E-state index in [9.17, 15) is 9.59 Å². The fraction of sp³-hybridized carbons (Fsp3) is 0.500. The van der Waals surface area contributed by atoms with Gasteiger partial charge in [-0.1, -0.05) is 18.2 Å². The molecule has 1 aromatic carbocycles. The number of rotatable bonds is 3. The van der Waals surface area contributed by atoms with E-state index in [1.165, 1.54) is 44.1 Å². The third-order valence-electron chi connectivity index (χ3n) is 7.06. The van der Waals surface area contributed by atoms with Crippen LogP contribution in [0.25, 0.3) is 10.9 Å². The van der Waals surface area contributed by atoms with Crippen molar-refractivity contribution < 1.29 is 9.59 Å². The molecular weight excluding hydrogens is 352 g/mol. The molecule has 2 amide bonds. The maximum Gasteiger partial charge on any atom is 0.288 e. The number of hydrogen-bond donors (Lipinski definition) is 3. The summed E-state index contributed by atoms with van der Waals surface area (Å²) in [4.78, 5) is 28.6. The molecule has 1 aromatic heterocycles. The summed E-state index contributed by atoms with van der Waals surface area (Å²) in [6.45, 7) is -0.177. The Morgan fingerprint density at radius 3 is 2.32 bits per heavy atom. The molecule has 0 unspecified atom stereocenters. The number of benzene rings is 1. The Bertz CT molecular complexity index is 919. The standard InChI is InChI=1S/C22H26N4O2/c23-12-20(27)25-26-21(28)19-8-17(16-3-1-2-4-18(16)24-19)22-9-13-5-14(10-22)7-15(6-13)11-22/h1-4,8,13-15H,5-7,9-12,23H2,(H,25,27)(H,26,28). The normalized spacial score (nSPS) is 30.4. The Labute approximate surface area is 164 Å². The number of nitrogens with zero attached hydrogens (tertiary/aromatic N) is 1. The molecule has 4 N–H and O–H groups in total. The van der Waals surface area contributed by atoms with Crippen molar-refractivity contribution in [1.82, 2.24) is 15.8 Å². The third-order valence-corrected chi connectivity index (χ3v) is 7.06. The number of carbonyl (C=O) groups excluding carboxylic acids is 2. The Morgan fingerprint density at radius 2 is 1.68 bits per heavy atom. The van der Waals surface area contributed by atoms with Crippen LogP contribution in [0.5, 0.6) is 0 Å². The highest BCUT2D eigenvalue weighted by Crippen LogP contribution is 2.61. The Morgan fingerprint density at radius 1 is 1.04 bits per heavy atom. The lowest BCUT2D eigenvalue weighted by Gasteiger charge is -2.57. The van der Waals surface area contributed by atoms with Crippen molar-refractivity contribution in [2.75, 3.05) is 6.54 Å². The van der Waals surface area contributed by atoms with Crippen LogP contribution in [0, 0.1) is 17.8 Å². The molecule has 4 aliphatic carbocycles. The van der Waals surface area contributed by atoms with Crippen molar-refractivity contribution in [1.29, 1.82) is 0 Å². The maximum atomic E-state index is 12.7. The highest BCUT2D eigenvalue weighted by Gasteiger charge is 2.52. The van der Waals surface area contributed by atoms with Crippen LogP contribution in [0.15, 0.2) is 30.3 Å². The number of carbonyl (C=O) groups is 2. The van der Waals surface area contributed by atoms with E-state index < -0.39 is 11.8 Å². The van der Waals surface area contributed by atoms with Gasteiger partial charge in [-0.15, -0.1) is 0 Å². The van der Waals surface area contributed by atoms with Gasteiger partial charge in [-0.25, -0.2) is 4.98 Å². The molecule has 6 heteroatoms. The van der Waals surface area contributed by atoms with E-state index in [1.54, 1.807) is 0 Å². The minimum absolute atomic E-state index is 0.160. The zero-order valence-electron chi connectivity index (χ0n) is 15.9. The van der Waals surface area contributed by atoms with Crippen molar-refractivity contribution in [2.45, 2.75) is 43.9 Å². The predicted octanol–water partition coefficient (Wildman–Crippen LogP) is 2.42. The van der Waals surface area contributed by atoms with Crippen LogP contribution in [0.1, 0.15) is 54.6 Å². The SMILES string of the molecule is NCC(=O)NNC(=O)c1cc(C23CC4CC(CC(C4)C2)C3)c2ccccc2n1. The van der Waals surface area contributed by atoms with E-state index >= 15 is 0 Å². The van der Waals surface area contributed by atoms with Gasteiger partial charge < -0.3 is 5.73 Å². The van der Waals surface area contributed by atoms with Gasteiger partial charge in [0.2, 0.25) is 0 Å². The molecule has 2 aromatic rings. The summed E-state index contributed by atoms with van der Waals surface area (Å²) in [6.07, 6.45) is 7.79. The first-order chi connectivity index (χ1) is 13.6. The van der Waals surface area contributed by atoms with Gasteiger partial charge in [0.05, 0.1) is 12.1 Å². The van der Waals surface area contributed by atoms with Crippen molar-refractivity contribution in [2.24, 2.45) is 23.5 Å². The Balaban J connectivity index is 1.57. The molecule has 0 radical (unpaired) electrons. The molecular formula is C22H26N4O2. The highest BCUT2D eigenvalue weighted by atomic mass is 16.2. The van der Waals surface area contributed by atoms with E-state index in [0.29, 0.717) is 5.69 Å². The number of pyridine rings is 1. The van der Waals surface area contributed by atoms with Gasteiger partial charge >= 0.3 is 0 Å². The lowest BCUT2D eigenvalue weighted by molar-refractivity contribution is -0.120. The minimum Gasteiger partial charge on any atom is -0.322 e. The molecule has 0 saturated heterocycles. The van der Waals surface area contributed by atoms with E-state index in [4.69, 9.17) is 5.73 Å². The lowest BCUT2D eigenvalue weighted by Crippen LogP contribution is -2.49. The van der Waals surface area contributed by atoms with Crippen LogP contribution in [0.4, 0.5) is 0 Å². The number of amides is 2. The Hall–Kier alpha value is -2.47. The van der Waals surface area contributed by atoms with Crippen LogP contribution >= 0.6 is 0 Å². The summed E-state index contributed by atoms with van der Waals surface area (Å²) in [5.41, 5.74) is 12.7. The molecule has 4 saturated carbocycles. The van der Waals surface area contributed by atoms with E-state index in [-0.39, 0.29) is 12.0 Å². The molecule has 0 atom stereocenters. The van der Waals surface area contributed by atoms with Crippen LogP contribution in [0.2, 0.25) is 0 Å². The Kier molecular flexibility index (Phi) is 4.12. The molecule has 6 nitrogen and oxygen atoms in total. The minimum atomic E-state index is -0.435. The summed E-state index contributed by atoms with van der Waals surface area (Å²) in [7, 11) is 0. The van der Waals surface area contributed by atoms with Gasteiger partial charge in [0, 0.05) is 5.39 Å². The van der Waals surface area contributed by atoms with Crippen LogP contribution in [-0.2, 0) is 10.2 Å². The number of hydrogen-bond acceptors (Lipinski definition) is 4. The van der Waals surface area contributed by atoms with Crippen molar-refractivity contribution >= 4 is 22.7 Å². The number of aromatic nitrogens is 1. The molecule has 6 rings (SSSR count). The maximum absolute atomic E-state index is 12.7. The summed E-state index contributed by atoms with van der Waals surface area (Å²) >= 11 is 0. The number of fused-ring (bicyclic) bond motifs is 1. The smallest absolute Gasteiger partial charge is 0.288 e. The van der Waals surface area contributed by atoms with Crippen molar-refractivity contribution in [3.8, 4) is 0 Å². The second-order valence-corrected chi connectivity index (χ2v) is 8.98. The molecule has 0 aliphatic heterocycles. The molecule has 146 valence electrons. The van der Waals surface area contributed by atoms with E-state index in [1.807, 2.05) is 18.2 Å². The summed E-state index contributed by atoms with van der Waals surface area (Å²) in [5.74, 6) is 1.62. The van der Waals surface area contributed by atoms with Gasteiger partial charge in [0.25, 0.3) is 11.8 Å². The number of nitrogens with two attached hydrogens (primary N) is 1.